The van der Waals surface area contributed by atoms with E-state index in [4.69, 9.17) is 30.9 Å². The fourth-order valence-corrected chi connectivity index (χ4v) is 6.78. The molecule has 2 heterocycles. The smallest absolute Gasteiger partial charge is 0.464 e. The van der Waals surface area contributed by atoms with Gasteiger partial charge in [0.1, 0.15) is 5.84 Å². The predicted molar refractivity (Wildman–Crippen MR) is 168 cm³/mol. The number of fused-ring (bicyclic) bond motifs is 1. The Kier molecular flexibility index (Phi) is 11.6. The number of Topliss-reactive ketones (excluding diaryl/α,β-unsaturated/α-hetero) is 1. The molecule has 0 spiro atoms. The lowest BCUT2D eigenvalue weighted by atomic mass is 9.82. The molecule has 4 rings (SSSR count). The van der Waals surface area contributed by atoms with Crippen LogP contribution in [0.1, 0.15) is 46.7 Å². The second-order valence-corrected chi connectivity index (χ2v) is 12.7. The molecule has 0 saturated carbocycles. The zero-order chi connectivity index (χ0) is 33.5. The van der Waals surface area contributed by atoms with Crippen molar-refractivity contribution >= 4 is 33.8 Å². The minimum atomic E-state index is -4.04. The number of hydrogen-bond donors (Lipinski definition) is 6. The molecule has 0 radical (unpaired) electrons. The zero-order valence-corrected chi connectivity index (χ0v) is 26.7. The van der Waals surface area contributed by atoms with Gasteiger partial charge in [0.2, 0.25) is 0 Å². The first-order valence-electron chi connectivity index (χ1n) is 14.4. The number of nitrogens with two attached hydrogens (primary N) is 1. The van der Waals surface area contributed by atoms with Gasteiger partial charge in [-0.3, -0.25) is 20.2 Å². The van der Waals surface area contributed by atoms with Crippen molar-refractivity contribution in [2.75, 3.05) is 26.7 Å². The van der Waals surface area contributed by atoms with E-state index in [2.05, 4.69) is 14.9 Å². The first-order chi connectivity index (χ1) is 21.1. The van der Waals surface area contributed by atoms with E-state index in [1.807, 2.05) is 26.1 Å². The summed E-state index contributed by atoms with van der Waals surface area (Å²) in [6.45, 7) is 7.28. The third-order valence-electron chi connectivity index (χ3n) is 7.84. The van der Waals surface area contributed by atoms with Gasteiger partial charge < -0.3 is 25.6 Å². The van der Waals surface area contributed by atoms with Crippen molar-refractivity contribution < 1.29 is 37.8 Å². The second-order valence-electron chi connectivity index (χ2n) is 11.1. The third kappa shape index (κ3) is 8.34. The zero-order valence-electron chi connectivity index (χ0n) is 25.8. The van der Waals surface area contributed by atoms with Crippen LogP contribution in [0.2, 0.25) is 0 Å². The van der Waals surface area contributed by atoms with Crippen LogP contribution < -0.4 is 15.8 Å². The quantitative estimate of drug-likeness (QED) is 0.0766. The summed E-state index contributed by atoms with van der Waals surface area (Å²) in [6, 6.07) is 7.59. The molecule has 2 aromatic rings. The van der Waals surface area contributed by atoms with Gasteiger partial charge in [-0.15, -0.1) is 0 Å². The van der Waals surface area contributed by atoms with Crippen LogP contribution >= 0.6 is 0 Å². The van der Waals surface area contributed by atoms with Gasteiger partial charge in [0.15, 0.2) is 11.3 Å². The number of sulfonamides is 1. The van der Waals surface area contributed by atoms with Crippen LogP contribution in [0.4, 0.5) is 4.79 Å². The van der Waals surface area contributed by atoms with Crippen molar-refractivity contribution in [1.29, 1.82) is 5.41 Å². The van der Waals surface area contributed by atoms with E-state index < -0.39 is 39.5 Å². The van der Waals surface area contributed by atoms with E-state index >= 15 is 0 Å². The lowest BCUT2D eigenvalue weighted by Crippen LogP contribution is -2.64. The molecule has 0 bridgehead atoms. The molecule has 2 aromatic carbocycles. The highest BCUT2D eigenvalue weighted by Crippen LogP contribution is 2.28. The fraction of sp³-hybridized carbons (Fsp3) is 0.419. The number of ketones is 1. The Labute approximate surface area is 263 Å². The van der Waals surface area contributed by atoms with Crippen LogP contribution in [0, 0.1) is 19.3 Å². The predicted octanol–water partition coefficient (Wildman–Crippen LogP) is 2.11. The molecule has 14 heteroatoms. The molecule has 45 heavy (non-hydrogen) atoms. The van der Waals surface area contributed by atoms with Gasteiger partial charge in [-0.05, 0) is 80.6 Å². The van der Waals surface area contributed by atoms with E-state index in [1.54, 1.807) is 44.2 Å². The van der Waals surface area contributed by atoms with Crippen molar-refractivity contribution in [1.82, 2.24) is 14.9 Å². The molecule has 2 aliphatic heterocycles. The van der Waals surface area contributed by atoms with E-state index in [0.717, 1.165) is 29.7 Å². The standard InChI is InChI=1S/C30H39N5O5S.CH2O3/c1-5-40-29(37)30(13-6-7-14-33-30)27(36)25(31)17-21-10-8-20(3)23(16-21)28(32)34-41(38,39)26-11-9-19(2)22-12-15-35(4)18-24(22)26;2-1(3)4/h6-11,16,25,33H,5,12-15,17-18,31H2,1-4H3,(H2,32,34);(H2,2,3,4)/t25?,30-;/m1./s1. The van der Waals surface area contributed by atoms with Crippen LogP contribution in [0.25, 0.3) is 0 Å². The van der Waals surface area contributed by atoms with E-state index in [0.29, 0.717) is 29.8 Å². The Hall–Kier alpha value is -4.11. The normalized spacial score (nSPS) is 18.5. The molecule has 7 N–H and O–H groups in total. The SMILES string of the molecule is CCOC(=O)[C@]1(C(=O)C(N)Cc2ccc(C)c(C(=N)NS(=O)(=O)c3ccc(C)c4c3CN(C)CC4)c2)CC=CCN1.O=C(O)O. The summed E-state index contributed by atoms with van der Waals surface area (Å²) in [4.78, 5) is 37.1. The Morgan fingerprint density at radius 3 is 2.42 bits per heavy atom. The van der Waals surface area contributed by atoms with Gasteiger partial charge in [0, 0.05) is 31.6 Å². The number of nitrogens with one attached hydrogen (secondary N) is 3. The molecule has 0 amide bonds. The first kappa shape index (κ1) is 35.4. The van der Waals surface area contributed by atoms with Crippen LogP contribution in [0.5, 0.6) is 0 Å². The number of aryl methyl sites for hydroxylation is 2. The Balaban J connectivity index is 0.00000130. The number of rotatable bonds is 9. The lowest BCUT2D eigenvalue weighted by molar-refractivity contribution is -0.155. The van der Waals surface area contributed by atoms with Crippen LogP contribution in [-0.2, 0) is 43.7 Å². The average molecular weight is 644 g/mol. The van der Waals surface area contributed by atoms with Crippen molar-refractivity contribution in [3.63, 3.8) is 0 Å². The number of hydrogen-bond acceptors (Lipinski definition) is 10. The van der Waals surface area contributed by atoms with E-state index in [9.17, 15) is 18.0 Å². The van der Waals surface area contributed by atoms with Crippen LogP contribution in [0.3, 0.4) is 0 Å². The van der Waals surface area contributed by atoms with E-state index in [-0.39, 0.29) is 30.2 Å². The van der Waals surface area contributed by atoms with E-state index in [1.165, 1.54) is 0 Å². The maximum Gasteiger partial charge on any atom is 0.503 e. The highest BCUT2D eigenvalue weighted by Gasteiger charge is 2.48. The maximum atomic E-state index is 13.5. The van der Waals surface area contributed by atoms with Crippen LogP contribution in [0.15, 0.2) is 47.4 Å². The minimum absolute atomic E-state index is 0.0937. The summed E-state index contributed by atoms with van der Waals surface area (Å²) >= 11 is 0. The number of benzene rings is 2. The van der Waals surface area contributed by atoms with Crippen molar-refractivity contribution in [2.45, 2.75) is 63.1 Å². The lowest BCUT2D eigenvalue weighted by Gasteiger charge is -2.34. The summed E-state index contributed by atoms with van der Waals surface area (Å²) in [5.74, 6) is -1.41. The Bertz CT molecular complexity index is 1600. The first-order valence-corrected chi connectivity index (χ1v) is 15.9. The maximum absolute atomic E-state index is 13.5. The number of likely N-dealkylation sites (N-methyl/N-ethyl adjacent to an activating group) is 1. The molecule has 244 valence electrons. The van der Waals surface area contributed by atoms with Gasteiger partial charge in [-0.2, -0.15) is 0 Å². The fourth-order valence-electron chi connectivity index (χ4n) is 5.53. The van der Waals surface area contributed by atoms with Gasteiger partial charge >= 0.3 is 12.1 Å². The number of nitrogens with zero attached hydrogens (tertiary/aromatic N) is 1. The summed E-state index contributed by atoms with van der Waals surface area (Å²) in [5.41, 5.74) is 9.34. The molecular formula is C31H41N5O8S. The van der Waals surface area contributed by atoms with Crippen LogP contribution in [-0.4, -0.2) is 85.6 Å². The summed E-state index contributed by atoms with van der Waals surface area (Å²) < 4.78 is 34.7. The molecule has 1 unspecified atom stereocenters. The highest BCUT2D eigenvalue weighted by molar-refractivity contribution is 7.90. The Morgan fingerprint density at radius 2 is 1.80 bits per heavy atom. The second kappa shape index (κ2) is 14.8. The molecule has 2 aliphatic rings. The van der Waals surface area contributed by atoms with Crippen molar-refractivity contribution in [2.24, 2.45) is 5.73 Å². The largest absolute Gasteiger partial charge is 0.503 e. The Morgan fingerprint density at radius 1 is 1.13 bits per heavy atom. The molecule has 0 aliphatic carbocycles. The number of amidine groups is 1. The summed E-state index contributed by atoms with van der Waals surface area (Å²) in [5, 5.41) is 25.6. The average Bonchev–Trinajstić information content (AvgIpc) is 2.97. The molecule has 0 fully saturated rings. The number of carbonyl (C=O) groups is 3. The molecule has 0 aromatic heterocycles. The topological polar surface area (TPSA) is 212 Å². The van der Waals surface area contributed by atoms with Gasteiger partial charge in [-0.1, -0.05) is 30.4 Å². The van der Waals surface area contributed by atoms with Crippen molar-refractivity contribution in [3.05, 3.63) is 75.9 Å². The van der Waals surface area contributed by atoms with Crippen molar-refractivity contribution in [3.8, 4) is 0 Å². The molecule has 0 saturated heterocycles. The minimum Gasteiger partial charge on any atom is -0.464 e. The van der Waals surface area contributed by atoms with Gasteiger partial charge in [-0.25, -0.2) is 18.0 Å². The summed E-state index contributed by atoms with van der Waals surface area (Å²) in [7, 11) is -2.08. The third-order valence-corrected chi connectivity index (χ3v) is 9.27. The number of esters is 1. The molecular weight excluding hydrogens is 602 g/mol. The van der Waals surface area contributed by atoms with Gasteiger partial charge in [0.25, 0.3) is 10.0 Å². The number of carboxylic acid groups (broad SMARTS) is 2. The summed E-state index contributed by atoms with van der Waals surface area (Å²) in [6.07, 6.45) is 2.76. The highest BCUT2D eigenvalue weighted by atomic mass is 32.2. The number of ether oxygens (including phenoxy) is 1. The number of carbonyl (C=O) groups excluding carboxylic acids is 2. The van der Waals surface area contributed by atoms with Gasteiger partial charge in [0.05, 0.1) is 17.5 Å². The molecule has 13 nitrogen and oxygen atoms in total. The molecule has 2 atom stereocenters. The monoisotopic (exact) mass is 643 g/mol.